The van der Waals surface area contributed by atoms with Crippen LogP contribution in [-0.4, -0.2) is 27.3 Å². The van der Waals surface area contributed by atoms with Crippen LogP contribution in [0.4, 0.5) is 0 Å². The minimum atomic E-state index is 0.0402. The van der Waals surface area contributed by atoms with Gasteiger partial charge in [0.05, 0.1) is 5.39 Å². The highest BCUT2D eigenvalue weighted by molar-refractivity contribution is 7.99. The summed E-state index contributed by atoms with van der Waals surface area (Å²) in [6.07, 6.45) is 11.2. The molecule has 2 aromatic rings. The van der Waals surface area contributed by atoms with Gasteiger partial charge in [0.15, 0.2) is 5.16 Å². The van der Waals surface area contributed by atoms with Crippen molar-refractivity contribution in [3.8, 4) is 0 Å². The molecule has 4 rings (SSSR count). The normalized spacial score (nSPS) is 17.0. The van der Waals surface area contributed by atoms with Gasteiger partial charge in [0.1, 0.15) is 4.83 Å². The number of allylic oxidation sites excluding steroid dienone is 1. The van der Waals surface area contributed by atoms with E-state index in [4.69, 9.17) is 4.98 Å². The molecule has 0 radical (unpaired) electrons. The molecule has 2 aromatic heterocycles. The number of carbonyl (C=O) groups is 1. The molecule has 2 aliphatic rings. The molecule has 1 N–H and O–H groups in total. The van der Waals surface area contributed by atoms with E-state index in [-0.39, 0.29) is 11.5 Å². The van der Waals surface area contributed by atoms with Crippen molar-refractivity contribution in [1.29, 1.82) is 0 Å². The van der Waals surface area contributed by atoms with E-state index < -0.39 is 0 Å². The van der Waals surface area contributed by atoms with Gasteiger partial charge < -0.3 is 5.32 Å². The summed E-state index contributed by atoms with van der Waals surface area (Å²) in [4.78, 5) is 32.3. The monoisotopic (exact) mass is 417 g/mol. The number of rotatable bonds is 7. The first kappa shape index (κ1) is 19.7. The second-order valence-electron chi connectivity index (χ2n) is 7.64. The van der Waals surface area contributed by atoms with E-state index in [1.807, 2.05) is 0 Å². The van der Waals surface area contributed by atoms with E-state index in [0.29, 0.717) is 29.9 Å². The summed E-state index contributed by atoms with van der Waals surface area (Å²) >= 11 is 3.16. The Bertz CT molecular complexity index is 941. The Morgan fingerprint density at radius 2 is 2.11 bits per heavy atom. The highest BCUT2D eigenvalue weighted by Crippen LogP contribution is 2.35. The highest BCUT2D eigenvalue weighted by Gasteiger charge is 2.23. The number of aromatic nitrogens is 2. The molecule has 0 spiro atoms. The minimum absolute atomic E-state index is 0.0402. The van der Waals surface area contributed by atoms with E-state index in [0.717, 1.165) is 42.3 Å². The summed E-state index contributed by atoms with van der Waals surface area (Å²) in [6, 6.07) is 0.341. The molecular weight excluding hydrogens is 390 g/mol. The van der Waals surface area contributed by atoms with Crippen molar-refractivity contribution < 1.29 is 4.79 Å². The van der Waals surface area contributed by atoms with E-state index in [1.165, 1.54) is 41.5 Å². The zero-order valence-electron chi connectivity index (χ0n) is 16.2. The first-order valence-electron chi connectivity index (χ1n) is 10.3. The molecule has 0 bridgehead atoms. The first-order chi connectivity index (χ1) is 13.7. The average molecular weight is 418 g/mol. The Hall–Kier alpha value is -1.60. The van der Waals surface area contributed by atoms with Gasteiger partial charge in [-0.3, -0.25) is 14.2 Å². The molecule has 2 aliphatic carbocycles. The summed E-state index contributed by atoms with van der Waals surface area (Å²) in [5.41, 5.74) is 1.25. The smallest absolute Gasteiger partial charge is 0.263 e. The van der Waals surface area contributed by atoms with Crippen LogP contribution in [0, 0.1) is 0 Å². The van der Waals surface area contributed by atoms with E-state index in [1.54, 1.807) is 22.0 Å². The quantitative estimate of drug-likeness (QED) is 0.419. The number of nitrogens with zero attached hydrogens (tertiary/aromatic N) is 2. The number of fused-ring (bicyclic) bond motifs is 3. The largest absolute Gasteiger partial charge is 0.353 e. The van der Waals surface area contributed by atoms with E-state index in [9.17, 15) is 9.59 Å². The third-order valence-electron chi connectivity index (χ3n) is 5.63. The van der Waals surface area contributed by atoms with Crippen molar-refractivity contribution in [2.75, 3.05) is 5.75 Å². The molecule has 0 saturated heterocycles. The Labute approximate surface area is 173 Å². The Morgan fingerprint density at radius 1 is 1.29 bits per heavy atom. The highest BCUT2D eigenvalue weighted by atomic mass is 32.2. The Balaban J connectivity index is 1.47. The molecule has 7 heteroatoms. The predicted octanol–water partition coefficient (Wildman–Crippen LogP) is 4.06. The zero-order valence-corrected chi connectivity index (χ0v) is 17.8. The second kappa shape index (κ2) is 8.82. The molecule has 0 atom stereocenters. The Kier molecular flexibility index (Phi) is 6.21. The SMILES string of the molecule is C=CCn1c(SCCC(=O)NC2CCCCC2)nc2sc3c(c2c1=O)CCC3. The predicted molar refractivity (Wildman–Crippen MR) is 116 cm³/mol. The van der Waals surface area contributed by atoms with Crippen molar-refractivity contribution in [3.63, 3.8) is 0 Å². The van der Waals surface area contributed by atoms with Gasteiger partial charge in [0.2, 0.25) is 5.91 Å². The van der Waals surface area contributed by atoms with Gasteiger partial charge in [-0.05, 0) is 37.7 Å². The summed E-state index contributed by atoms with van der Waals surface area (Å²) in [5.74, 6) is 0.729. The lowest BCUT2D eigenvalue weighted by Crippen LogP contribution is -2.36. The van der Waals surface area contributed by atoms with Crippen molar-refractivity contribution in [2.24, 2.45) is 0 Å². The molecule has 0 aromatic carbocycles. The molecule has 0 unspecified atom stereocenters. The van der Waals surface area contributed by atoms with Gasteiger partial charge in [0.25, 0.3) is 5.56 Å². The van der Waals surface area contributed by atoms with Crippen LogP contribution >= 0.6 is 23.1 Å². The standard InChI is InChI=1S/C21H27N3O2S2/c1-2-12-24-20(26)18-15-9-6-10-16(15)28-19(18)23-21(24)27-13-11-17(25)22-14-7-4-3-5-8-14/h2,14H,1,3-13H2,(H,22,25). The van der Waals surface area contributed by atoms with Crippen LogP contribution in [0.5, 0.6) is 0 Å². The van der Waals surface area contributed by atoms with E-state index in [2.05, 4.69) is 11.9 Å². The number of aryl methyl sites for hydroxylation is 2. The van der Waals surface area contributed by atoms with Gasteiger partial charge in [-0.2, -0.15) is 0 Å². The number of amides is 1. The fourth-order valence-corrected chi connectivity index (χ4v) is 6.49. The number of carbonyl (C=O) groups excluding carboxylic acids is 1. The molecule has 150 valence electrons. The lowest BCUT2D eigenvalue weighted by molar-refractivity contribution is -0.121. The summed E-state index contributed by atoms with van der Waals surface area (Å²) in [6.45, 7) is 4.24. The molecule has 0 aliphatic heterocycles. The van der Waals surface area contributed by atoms with Gasteiger partial charge in [-0.25, -0.2) is 4.98 Å². The van der Waals surface area contributed by atoms with Crippen LogP contribution in [0.1, 0.15) is 55.4 Å². The topological polar surface area (TPSA) is 64.0 Å². The van der Waals surface area contributed by atoms with Crippen LogP contribution in [0.2, 0.25) is 0 Å². The number of hydrogen-bond donors (Lipinski definition) is 1. The summed E-state index contributed by atoms with van der Waals surface area (Å²) in [7, 11) is 0. The lowest BCUT2D eigenvalue weighted by atomic mass is 9.95. The average Bonchev–Trinajstić information content (AvgIpc) is 3.26. The van der Waals surface area contributed by atoms with Crippen molar-refractivity contribution in [2.45, 2.75) is 75.5 Å². The van der Waals surface area contributed by atoms with Crippen LogP contribution < -0.4 is 10.9 Å². The lowest BCUT2D eigenvalue weighted by Gasteiger charge is -2.22. The first-order valence-corrected chi connectivity index (χ1v) is 12.1. The molecule has 1 amide bonds. The van der Waals surface area contributed by atoms with Crippen LogP contribution in [0.15, 0.2) is 22.6 Å². The van der Waals surface area contributed by atoms with E-state index >= 15 is 0 Å². The fourth-order valence-electron chi connectivity index (χ4n) is 4.24. The maximum absolute atomic E-state index is 13.1. The number of thiophene rings is 1. The Morgan fingerprint density at radius 3 is 2.89 bits per heavy atom. The summed E-state index contributed by atoms with van der Waals surface area (Å²) in [5, 5.41) is 4.66. The van der Waals surface area contributed by atoms with Gasteiger partial charge in [-0.15, -0.1) is 17.9 Å². The molecule has 2 heterocycles. The van der Waals surface area contributed by atoms with Crippen LogP contribution in [0.25, 0.3) is 10.2 Å². The van der Waals surface area contributed by atoms with Crippen molar-refractivity contribution in [1.82, 2.24) is 14.9 Å². The molecule has 28 heavy (non-hydrogen) atoms. The third kappa shape index (κ3) is 4.06. The van der Waals surface area contributed by atoms with Gasteiger partial charge in [-0.1, -0.05) is 37.1 Å². The number of nitrogens with one attached hydrogen (secondary N) is 1. The molecular formula is C21H27N3O2S2. The maximum Gasteiger partial charge on any atom is 0.263 e. The molecule has 1 saturated carbocycles. The van der Waals surface area contributed by atoms with Crippen LogP contribution in [-0.2, 0) is 24.2 Å². The second-order valence-corrected chi connectivity index (χ2v) is 9.78. The minimum Gasteiger partial charge on any atom is -0.353 e. The third-order valence-corrected chi connectivity index (χ3v) is 7.80. The maximum atomic E-state index is 13.1. The van der Waals surface area contributed by atoms with Gasteiger partial charge in [0, 0.05) is 29.6 Å². The van der Waals surface area contributed by atoms with Crippen molar-refractivity contribution >= 4 is 39.2 Å². The molecule has 5 nitrogen and oxygen atoms in total. The molecule has 1 fully saturated rings. The van der Waals surface area contributed by atoms with Crippen LogP contribution in [0.3, 0.4) is 0 Å². The van der Waals surface area contributed by atoms with Gasteiger partial charge >= 0.3 is 0 Å². The van der Waals surface area contributed by atoms with Crippen molar-refractivity contribution in [3.05, 3.63) is 33.4 Å². The zero-order chi connectivity index (χ0) is 19.5. The fraction of sp³-hybridized carbons (Fsp3) is 0.571. The number of hydrogen-bond acceptors (Lipinski definition) is 5. The number of thioether (sulfide) groups is 1. The summed E-state index contributed by atoms with van der Waals surface area (Å²) < 4.78 is 1.71.